The second kappa shape index (κ2) is 8.20. The van der Waals surface area contributed by atoms with Gasteiger partial charge in [0.25, 0.3) is 0 Å². The first-order valence-electron chi connectivity index (χ1n) is 7.37. The molecule has 2 aromatic rings. The van der Waals surface area contributed by atoms with Gasteiger partial charge in [0, 0.05) is 22.1 Å². The third-order valence-corrected chi connectivity index (χ3v) is 4.14. The Labute approximate surface area is 135 Å². The number of hydrogen-bond donors (Lipinski definition) is 1. The summed E-state index contributed by atoms with van der Waals surface area (Å²) in [6, 6.07) is 14.5. The molecule has 112 valence electrons. The molecule has 0 saturated heterocycles. The Balaban J connectivity index is 2.09. The van der Waals surface area contributed by atoms with Gasteiger partial charge in [-0.05, 0) is 31.5 Å². The zero-order chi connectivity index (χ0) is 15.1. The third-order valence-electron chi connectivity index (χ3n) is 3.37. The lowest BCUT2D eigenvalue weighted by molar-refractivity contribution is 0.299. The Morgan fingerprint density at radius 1 is 1.05 bits per heavy atom. The number of benzene rings is 2. The summed E-state index contributed by atoms with van der Waals surface area (Å²) >= 11 is 3.57. The predicted octanol–water partition coefficient (Wildman–Crippen LogP) is 4.84. The highest BCUT2D eigenvalue weighted by molar-refractivity contribution is 9.10. The van der Waals surface area contributed by atoms with Gasteiger partial charge in [-0.15, -0.1) is 0 Å². The Hall–Kier alpha value is -1.32. The van der Waals surface area contributed by atoms with Crippen molar-refractivity contribution in [3.8, 4) is 5.75 Å². The monoisotopic (exact) mass is 347 g/mol. The van der Waals surface area contributed by atoms with E-state index >= 15 is 0 Å². The highest BCUT2D eigenvalue weighted by Crippen LogP contribution is 2.26. The van der Waals surface area contributed by atoms with E-state index < -0.39 is 0 Å². The Bertz CT molecular complexity index is 583. The third kappa shape index (κ3) is 4.58. The van der Waals surface area contributed by atoms with Crippen molar-refractivity contribution < 1.29 is 4.74 Å². The fourth-order valence-electron chi connectivity index (χ4n) is 2.22. The Kier molecular flexibility index (Phi) is 6.27. The van der Waals surface area contributed by atoms with Crippen LogP contribution in [0.3, 0.4) is 0 Å². The molecule has 0 unspecified atom stereocenters. The van der Waals surface area contributed by atoms with Crippen molar-refractivity contribution in [2.75, 3.05) is 6.54 Å². The van der Waals surface area contributed by atoms with Crippen LogP contribution in [-0.2, 0) is 13.2 Å². The molecule has 0 radical (unpaired) electrons. The van der Waals surface area contributed by atoms with Crippen molar-refractivity contribution in [2.24, 2.45) is 0 Å². The van der Waals surface area contributed by atoms with Crippen LogP contribution in [0.1, 0.15) is 30.0 Å². The van der Waals surface area contributed by atoms with Crippen molar-refractivity contribution in [1.29, 1.82) is 0 Å². The van der Waals surface area contributed by atoms with Gasteiger partial charge in [0.05, 0.1) is 0 Å². The molecule has 2 rings (SSSR count). The summed E-state index contributed by atoms with van der Waals surface area (Å²) in [4.78, 5) is 0. The molecule has 2 nitrogen and oxygen atoms in total. The van der Waals surface area contributed by atoms with Gasteiger partial charge < -0.3 is 10.1 Å². The Morgan fingerprint density at radius 2 is 1.81 bits per heavy atom. The number of aryl methyl sites for hydroxylation is 1. The summed E-state index contributed by atoms with van der Waals surface area (Å²) in [5, 5.41) is 3.44. The molecular formula is C18H22BrNO. The highest BCUT2D eigenvalue weighted by atomic mass is 79.9. The van der Waals surface area contributed by atoms with Gasteiger partial charge in [0.15, 0.2) is 0 Å². The number of para-hydroxylation sites is 1. The predicted molar refractivity (Wildman–Crippen MR) is 91.7 cm³/mol. The molecule has 21 heavy (non-hydrogen) atoms. The van der Waals surface area contributed by atoms with E-state index in [1.165, 1.54) is 11.1 Å². The molecule has 0 aliphatic carbocycles. The molecule has 3 heteroatoms. The fraction of sp³-hybridized carbons (Fsp3) is 0.333. The minimum Gasteiger partial charge on any atom is -0.488 e. The second-order valence-corrected chi connectivity index (χ2v) is 5.97. The number of ether oxygens (including phenoxy) is 1. The first-order chi connectivity index (χ1) is 10.2. The molecule has 2 aromatic carbocycles. The maximum atomic E-state index is 6.10. The molecule has 0 heterocycles. The van der Waals surface area contributed by atoms with Crippen LogP contribution in [0.15, 0.2) is 46.9 Å². The second-order valence-electron chi connectivity index (χ2n) is 5.12. The fourth-order valence-corrected chi connectivity index (χ4v) is 2.62. The van der Waals surface area contributed by atoms with Crippen LogP contribution in [-0.4, -0.2) is 6.54 Å². The van der Waals surface area contributed by atoms with Crippen molar-refractivity contribution in [1.82, 2.24) is 5.32 Å². The number of nitrogens with one attached hydrogen (secondary N) is 1. The summed E-state index contributed by atoms with van der Waals surface area (Å²) in [7, 11) is 0. The molecule has 0 aliphatic rings. The summed E-state index contributed by atoms with van der Waals surface area (Å²) in [5.41, 5.74) is 3.56. The number of rotatable bonds is 7. The zero-order valence-corrected chi connectivity index (χ0v) is 14.2. The number of halogens is 1. The van der Waals surface area contributed by atoms with Crippen molar-refractivity contribution >= 4 is 15.9 Å². The molecule has 0 bridgehead atoms. The summed E-state index contributed by atoms with van der Waals surface area (Å²) in [5.74, 6) is 0.997. The van der Waals surface area contributed by atoms with E-state index in [0.717, 1.165) is 35.3 Å². The molecule has 0 spiro atoms. The van der Waals surface area contributed by atoms with Crippen molar-refractivity contribution in [2.45, 2.75) is 33.4 Å². The lowest BCUT2D eigenvalue weighted by atomic mass is 10.1. The molecule has 0 fully saturated rings. The number of hydrogen-bond acceptors (Lipinski definition) is 2. The maximum Gasteiger partial charge on any atom is 0.127 e. The first kappa shape index (κ1) is 16.1. The van der Waals surface area contributed by atoms with Crippen LogP contribution in [0.2, 0.25) is 0 Å². The zero-order valence-electron chi connectivity index (χ0n) is 12.7. The van der Waals surface area contributed by atoms with E-state index in [0.29, 0.717) is 6.61 Å². The van der Waals surface area contributed by atoms with Gasteiger partial charge in [0.1, 0.15) is 12.4 Å². The normalized spacial score (nSPS) is 10.6. The molecule has 0 aromatic heterocycles. The average molecular weight is 348 g/mol. The van der Waals surface area contributed by atoms with E-state index in [4.69, 9.17) is 4.74 Å². The van der Waals surface area contributed by atoms with Crippen LogP contribution in [0.4, 0.5) is 0 Å². The summed E-state index contributed by atoms with van der Waals surface area (Å²) in [6.45, 7) is 6.72. The Morgan fingerprint density at radius 3 is 2.57 bits per heavy atom. The molecule has 1 N–H and O–H groups in total. The lowest BCUT2D eigenvalue weighted by Crippen LogP contribution is -2.15. The maximum absolute atomic E-state index is 6.10. The van der Waals surface area contributed by atoms with Crippen LogP contribution in [0, 0.1) is 6.92 Å². The van der Waals surface area contributed by atoms with Gasteiger partial charge in [-0.25, -0.2) is 0 Å². The van der Waals surface area contributed by atoms with Crippen LogP contribution < -0.4 is 10.1 Å². The van der Waals surface area contributed by atoms with Gasteiger partial charge >= 0.3 is 0 Å². The SMILES string of the molecule is CCCNCc1cccc(C)c1OCc1ccccc1Br. The van der Waals surface area contributed by atoms with Crippen LogP contribution in [0.25, 0.3) is 0 Å². The minimum atomic E-state index is 0.576. The highest BCUT2D eigenvalue weighted by Gasteiger charge is 2.08. The molecule has 0 aliphatic heterocycles. The molecule has 0 saturated carbocycles. The van der Waals surface area contributed by atoms with E-state index in [-0.39, 0.29) is 0 Å². The van der Waals surface area contributed by atoms with Gasteiger partial charge in [0.2, 0.25) is 0 Å². The van der Waals surface area contributed by atoms with Crippen molar-refractivity contribution in [3.63, 3.8) is 0 Å². The van der Waals surface area contributed by atoms with E-state index in [1.54, 1.807) is 0 Å². The molecule has 0 amide bonds. The smallest absolute Gasteiger partial charge is 0.127 e. The summed E-state index contributed by atoms with van der Waals surface area (Å²) in [6.07, 6.45) is 1.14. The standard InChI is InChI=1S/C18H22BrNO/c1-3-11-20-12-15-9-6-7-14(2)18(15)21-13-16-8-4-5-10-17(16)19/h4-10,20H,3,11-13H2,1-2H3. The molecular weight excluding hydrogens is 326 g/mol. The van der Waals surface area contributed by atoms with Crippen molar-refractivity contribution in [3.05, 3.63) is 63.6 Å². The molecule has 0 atom stereocenters. The van der Waals surface area contributed by atoms with Crippen LogP contribution in [0.5, 0.6) is 5.75 Å². The quantitative estimate of drug-likeness (QED) is 0.723. The largest absolute Gasteiger partial charge is 0.488 e. The van der Waals surface area contributed by atoms with E-state index in [2.05, 4.69) is 59.4 Å². The summed E-state index contributed by atoms with van der Waals surface area (Å²) < 4.78 is 7.18. The van der Waals surface area contributed by atoms with Gasteiger partial charge in [-0.2, -0.15) is 0 Å². The van der Waals surface area contributed by atoms with E-state index in [1.807, 2.05) is 18.2 Å². The first-order valence-corrected chi connectivity index (χ1v) is 8.17. The van der Waals surface area contributed by atoms with E-state index in [9.17, 15) is 0 Å². The topological polar surface area (TPSA) is 21.3 Å². The van der Waals surface area contributed by atoms with Gasteiger partial charge in [-0.1, -0.05) is 59.3 Å². The van der Waals surface area contributed by atoms with Crippen LogP contribution >= 0.6 is 15.9 Å². The average Bonchev–Trinajstić information content (AvgIpc) is 2.48. The lowest BCUT2D eigenvalue weighted by Gasteiger charge is -2.15. The minimum absolute atomic E-state index is 0.576. The van der Waals surface area contributed by atoms with Gasteiger partial charge in [-0.3, -0.25) is 0 Å².